The van der Waals surface area contributed by atoms with Gasteiger partial charge < -0.3 is 19.7 Å². The fraction of sp³-hybridized carbons (Fsp3) is 0.350. The van der Waals surface area contributed by atoms with E-state index in [2.05, 4.69) is 22.3 Å². The highest BCUT2D eigenvalue weighted by Gasteiger charge is 2.14. The molecule has 1 heterocycles. The molecule has 0 aliphatic carbocycles. The Morgan fingerprint density at radius 2 is 1.76 bits per heavy atom. The predicted molar refractivity (Wildman–Crippen MR) is 97.4 cm³/mol. The molecule has 0 radical (unpaired) electrons. The number of amides is 1. The Labute approximate surface area is 148 Å². The molecule has 1 fully saturated rings. The average molecular weight is 340 g/mol. The molecule has 3 rings (SSSR count). The van der Waals surface area contributed by atoms with E-state index in [0.29, 0.717) is 13.2 Å². The van der Waals surface area contributed by atoms with Crippen molar-refractivity contribution in [3.8, 4) is 0 Å². The molecule has 2 aromatic rings. The number of hydrogen-bond acceptors (Lipinski definition) is 4. The van der Waals surface area contributed by atoms with Crippen molar-refractivity contribution in [1.29, 1.82) is 0 Å². The van der Waals surface area contributed by atoms with Crippen LogP contribution in [0.5, 0.6) is 0 Å². The number of anilines is 1. The molecule has 1 aliphatic heterocycles. The molecule has 0 spiro atoms. The number of nitrogens with one attached hydrogen (secondary N) is 1. The molecule has 1 saturated heterocycles. The number of benzene rings is 2. The van der Waals surface area contributed by atoms with E-state index in [4.69, 9.17) is 9.47 Å². The molecule has 1 aliphatic rings. The number of hydrogen-bond donors (Lipinski definition) is 1. The number of para-hydroxylation sites is 1. The third-order valence-electron chi connectivity index (χ3n) is 4.16. The average Bonchev–Trinajstić information content (AvgIpc) is 2.68. The van der Waals surface area contributed by atoms with Gasteiger partial charge in [-0.1, -0.05) is 48.5 Å². The number of nitrogens with zero attached hydrogens (tertiary/aromatic N) is 1. The molecule has 0 saturated carbocycles. The second-order valence-electron chi connectivity index (χ2n) is 5.98. The Morgan fingerprint density at radius 3 is 2.56 bits per heavy atom. The van der Waals surface area contributed by atoms with E-state index in [1.54, 1.807) is 0 Å². The molecule has 1 N–H and O–H groups in total. The molecule has 5 heteroatoms. The van der Waals surface area contributed by atoms with Crippen molar-refractivity contribution in [3.05, 3.63) is 65.7 Å². The quantitative estimate of drug-likeness (QED) is 0.841. The minimum atomic E-state index is -0.104. The third kappa shape index (κ3) is 5.31. The van der Waals surface area contributed by atoms with E-state index >= 15 is 0 Å². The monoisotopic (exact) mass is 340 g/mol. The lowest BCUT2D eigenvalue weighted by atomic mass is 10.1. The number of morpholine rings is 1. The first-order valence-corrected chi connectivity index (χ1v) is 8.62. The Bertz CT molecular complexity index is 670. The normalized spacial score (nSPS) is 14.3. The zero-order valence-electron chi connectivity index (χ0n) is 14.3. The summed E-state index contributed by atoms with van der Waals surface area (Å²) in [7, 11) is 0. The number of carbonyl (C=O) groups is 1. The van der Waals surface area contributed by atoms with Crippen LogP contribution in [0.25, 0.3) is 0 Å². The van der Waals surface area contributed by atoms with Gasteiger partial charge in [0.1, 0.15) is 6.61 Å². The Morgan fingerprint density at radius 1 is 1.04 bits per heavy atom. The van der Waals surface area contributed by atoms with Crippen LogP contribution in [0.3, 0.4) is 0 Å². The van der Waals surface area contributed by atoms with Crippen molar-refractivity contribution >= 4 is 11.6 Å². The standard InChI is InChI=1S/C20H24N2O3/c23-20(16-25-15-17-6-2-1-3-7-17)21-14-18-8-4-5-9-19(18)22-10-12-24-13-11-22/h1-9H,10-16H2,(H,21,23). The van der Waals surface area contributed by atoms with Crippen LogP contribution in [0.4, 0.5) is 5.69 Å². The summed E-state index contributed by atoms with van der Waals surface area (Å²) in [6.45, 7) is 4.26. The summed E-state index contributed by atoms with van der Waals surface area (Å²) in [4.78, 5) is 14.3. The SMILES string of the molecule is O=C(COCc1ccccc1)NCc1ccccc1N1CCOCC1. The highest BCUT2D eigenvalue weighted by Crippen LogP contribution is 2.21. The highest BCUT2D eigenvalue weighted by molar-refractivity contribution is 5.77. The first kappa shape index (κ1) is 17.5. The first-order chi connectivity index (χ1) is 12.3. The highest BCUT2D eigenvalue weighted by atomic mass is 16.5. The van der Waals surface area contributed by atoms with Crippen molar-refractivity contribution in [3.63, 3.8) is 0 Å². The van der Waals surface area contributed by atoms with E-state index in [1.165, 1.54) is 0 Å². The molecule has 132 valence electrons. The molecule has 5 nitrogen and oxygen atoms in total. The van der Waals surface area contributed by atoms with E-state index in [9.17, 15) is 4.79 Å². The van der Waals surface area contributed by atoms with Crippen LogP contribution in [0.15, 0.2) is 54.6 Å². The van der Waals surface area contributed by atoms with Crippen molar-refractivity contribution in [2.75, 3.05) is 37.8 Å². The zero-order chi connectivity index (χ0) is 17.3. The van der Waals surface area contributed by atoms with E-state index in [0.717, 1.165) is 43.1 Å². The summed E-state index contributed by atoms with van der Waals surface area (Å²) in [5.74, 6) is -0.104. The summed E-state index contributed by atoms with van der Waals surface area (Å²) >= 11 is 0. The van der Waals surface area contributed by atoms with Crippen molar-refractivity contribution in [2.24, 2.45) is 0 Å². The second-order valence-corrected chi connectivity index (χ2v) is 5.98. The van der Waals surface area contributed by atoms with Crippen LogP contribution in [0, 0.1) is 0 Å². The maximum absolute atomic E-state index is 12.0. The van der Waals surface area contributed by atoms with Gasteiger partial charge in [-0.3, -0.25) is 4.79 Å². The summed E-state index contributed by atoms with van der Waals surface area (Å²) in [5, 5.41) is 2.94. The van der Waals surface area contributed by atoms with Gasteiger partial charge in [-0.2, -0.15) is 0 Å². The Hall–Kier alpha value is -2.37. The van der Waals surface area contributed by atoms with Gasteiger partial charge in [0.15, 0.2) is 0 Å². The molecule has 0 bridgehead atoms. The topological polar surface area (TPSA) is 50.8 Å². The Balaban J connectivity index is 1.47. The zero-order valence-corrected chi connectivity index (χ0v) is 14.3. The molecule has 0 atom stereocenters. The maximum Gasteiger partial charge on any atom is 0.246 e. The Kier molecular flexibility index (Phi) is 6.42. The van der Waals surface area contributed by atoms with E-state index in [-0.39, 0.29) is 12.5 Å². The van der Waals surface area contributed by atoms with E-state index in [1.807, 2.05) is 42.5 Å². The van der Waals surface area contributed by atoms with Gasteiger partial charge in [-0.05, 0) is 17.2 Å². The minimum absolute atomic E-state index is 0.0641. The minimum Gasteiger partial charge on any atom is -0.378 e. The van der Waals surface area contributed by atoms with Gasteiger partial charge in [0.05, 0.1) is 19.8 Å². The predicted octanol–water partition coefficient (Wildman–Crippen LogP) is 2.36. The van der Waals surface area contributed by atoms with Crippen LogP contribution in [-0.4, -0.2) is 38.8 Å². The van der Waals surface area contributed by atoms with Gasteiger partial charge in [0.2, 0.25) is 5.91 Å². The van der Waals surface area contributed by atoms with Crippen molar-refractivity contribution < 1.29 is 14.3 Å². The van der Waals surface area contributed by atoms with Gasteiger partial charge in [-0.15, -0.1) is 0 Å². The van der Waals surface area contributed by atoms with Gasteiger partial charge in [0, 0.05) is 25.3 Å². The van der Waals surface area contributed by atoms with Gasteiger partial charge >= 0.3 is 0 Å². The van der Waals surface area contributed by atoms with Crippen LogP contribution < -0.4 is 10.2 Å². The summed E-state index contributed by atoms with van der Waals surface area (Å²) in [5.41, 5.74) is 3.34. The second kappa shape index (κ2) is 9.20. The van der Waals surface area contributed by atoms with E-state index < -0.39 is 0 Å². The molecule has 0 unspecified atom stereocenters. The summed E-state index contributed by atoms with van der Waals surface area (Å²) in [6, 6.07) is 18.0. The number of ether oxygens (including phenoxy) is 2. The summed E-state index contributed by atoms with van der Waals surface area (Å²) < 4.78 is 10.9. The number of rotatable bonds is 7. The lowest BCUT2D eigenvalue weighted by Gasteiger charge is -2.30. The van der Waals surface area contributed by atoms with Crippen LogP contribution in [-0.2, 0) is 27.4 Å². The smallest absolute Gasteiger partial charge is 0.246 e. The van der Waals surface area contributed by atoms with Gasteiger partial charge in [0.25, 0.3) is 0 Å². The number of carbonyl (C=O) groups excluding carboxylic acids is 1. The van der Waals surface area contributed by atoms with Crippen LogP contribution in [0.1, 0.15) is 11.1 Å². The summed E-state index contributed by atoms with van der Waals surface area (Å²) in [6.07, 6.45) is 0. The van der Waals surface area contributed by atoms with Crippen LogP contribution >= 0.6 is 0 Å². The lowest BCUT2D eigenvalue weighted by Crippen LogP contribution is -2.37. The van der Waals surface area contributed by atoms with Crippen molar-refractivity contribution in [1.82, 2.24) is 5.32 Å². The molecule has 25 heavy (non-hydrogen) atoms. The molecule has 1 amide bonds. The maximum atomic E-state index is 12.0. The fourth-order valence-corrected chi connectivity index (χ4v) is 2.85. The largest absolute Gasteiger partial charge is 0.378 e. The first-order valence-electron chi connectivity index (χ1n) is 8.62. The molecule has 2 aromatic carbocycles. The van der Waals surface area contributed by atoms with Crippen molar-refractivity contribution in [2.45, 2.75) is 13.2 Å². The molecule has 0 aromatic heterocycles. The molecular weight excluding hydrogens is 316 g/mol. The lowest BCUT2D eigenvalue weighted by molar-refractivity contribution is -0.126. The van der Waals surface area contributed by atoms with Gasteiger partial charge in [-0.25, -0.2) is 0 Å². The van der Waals surface area contributed by atoms with Crippen LogP contribution in [0.2, 0.25) is 0 Å². The molecular formula is C20H24N2O3. The third-order valence-corrected chi connectivity index (χ3v) is 4.16. The fourth-order valence-electron chi connectivity index (χ4n) is 2.85.